The summed E-state index contributed by atoms with van der Waals surface area (Å²) in [6.45, 7) is 5.66. The van der Waals surface area contributed by atoms with Gasteiger partial charge in [-0.25, -0.2) is 9.97 Å². The number of aliphatic hydroxyl groups is 1. The quantitative estimate of drug-likeness (QED) is 0.703. The van der Waals surface area contributed by atoms with E-state index in [0.717, 1.165) is 35.3 Å². The highest BCUT2D eigenvalue weighted by molar-refractivity contribution is 5.92. The SMILES string of the molecule is Cc1cc2nc(NC(=O)C[C@](C)(O)c3ccccc3)n(C3CCC3)c2nc1C. The second kappa shape index (κ2) is 7.02. The minimum Gasteiger partial charge on any atom is -0.385 e. The Morgan fingerprint density at radius 1 is 1.25 bits per heavy atom. The number of hydrogen-bond acceptors (Lipinski definition) is 4. The molecule has 1 saturated carbocycles. The van der Waals surface area contributed by atoms with E-state index in [4.69, 9.17) is 4.98 Å². The number of hydrogen-bond donors (Lipinski definition) is 2. The van der Waals surface area contributed by atoms with Gasteiger partial charge >= 0.3 is 0 Å². The average molecular weight is 378 g/mol. The highest BCUT2D eigenvalue weighted by Gasteiger charge is 2.30. The van der Waals surface area contributed by atoms with Crippen LogP contribution in [0.25, 0.3) is 11.2 Å². The summed E-state index contributed by atoms with van der Waals surface area (Å²) in [6, 6.07) is 11.6. The molecule has 2 heterocycles. The van der Waals surface area contributed by atoms with Gasteiger partial charge in [0.25, 0.3) is 0 Å². The van der Waals surface area contributed by atoms with Crippen LogP contribution in [0.5, 0.6) is 0 Å². The van der Waals surface area contributed by atoms with Crippen molar-refractivity contribution in [1.82, 2.24) is 14.5 Å². The number of aromatic nitrogens is 3. The number of carbonyl (C=O) groups is 1. The van der Waals surface area contributed by atoms with Gasteiger partial charge < -0.3 is 5.11 Å². The average Bonchev–Trinajstić information content (AvgIpc) is 2.91. The molecule has 1 fully saturated rings. The number of imidazole rings is 1. The van der Waals surface area contributed by atoms with Crippen LogP contribution >= 0.6 is 0 Å². The van der Waals surface area contributed by atoms with E-state index in [0.29, 0.717) is 17.6 Å². The lowest BCUT2D eigenvalue weighted by Gasteiger charge is -2.29. The molecule has 6 nitrogen and oxygen atoms in total. The monoisotopic (exact) mass is 378 g/mol. The second-order valence-corrected chi connectivity index (χ2v) is 7.99. The van der Waals surface area contributed by atoms with Crippen molar-refractivity contribution >= 4 is 23.0 Å². The van der Waals surface area contributed by atoms with Gasteiger partial charge in [-0.15, -0.1) is 0 Å². The molecule has 1 aliphatic carbocycles. The van der Waals surface area contributed by atoms with Gasteiger partial charge in [0.2, 0.25) is 11.9 Å². The number of nitrogens with one attached hydrogen (secondary N) is 1. The number of aryl methyl sites for hydroxylation is 2. The maximum Gasteiger partial charge on any atom is 0.229 e. The first-order valence-corrected chi connectivity index (χ1v) is 9.79. The Bertz CT molecular complexity index is 1020. The molecule has 28 heavy (non-hydrogen) atoms. The van der Waals surface area contributed by atoms with Crippen LogP contribution in [0, 0.1) is 13.8 Å². The summed E-state index contributed by atoms with van der Waals surface area (Å²) in [5.41, 5.74) is 3.13. The van der Waals surface area contributed by atoms with Gasteiger partial charge in [0.15, 0.2) is 5.65 Å². The maximum absolute atomic E-state index is 12.7. The van der Waals surface area contributed by atoms with Crippen molar-refractivity contribution < 1.29 is 9.90 Å². The van der Waals surface area contributed by atoms with E-state index in [1.807, 2.05) is 50.2 Å². The third-order valence-electron chi connectivity index (χ3n) is 5.70. The molecule has 1 amide bonds. The fourth-order valence-corrected chi connectivity index (χ4v) is 3.67. The van der Waals surface area contributed by atoms with E-state index in [1.54, 1.807) is 6.92 Å². The lowest BCUT2D eigenvalue weighted by atomic mass is 9.92. The largest absolute Gasteiger partial charge is 0.385 e. The van der Waals surface area contributed by atoms with E-state index in [9.17, 15) is 9.90 Å². The van der Waals surface area contributed by atoms with Gasteiger partial charge in [-0.1, -0.05) is 30.3 Å². The summed E-state index contributed by atoms with van der Waals surface area (Å²) in [6.07, 6.45) is 3.25. The number of nitrogens with zero attached hydrogens (tertiary/aromatic N) is 3. The molecule has 1 aliphatic rings. The lowest BCUT2D eigenvalue weighted by Crippen LogP contribution is -2.30. The van der Waals surface area contributed by atoms with Gasteiger partial charge in [-0.05, 0) is 57.2 Å². The first kappa shape index (κ1) is 18.6. The zero-order valence-electron chi connectivity index (χ0n) is 16.6. The molecule has 146 valence electrons. The number of fused-ring (bicyclic) bond motifs is 1. The highest BCUT2D eigenvalue weighted by Crippen LogP contribution is 2.37. The van der Waals surface area contributed by atoms with Crippen molar-refractivity contribution in [1.29, 1.82) is 0 Å². The zero-order chi connectivity index (χ0) is 19.9. The Kier molecular flexibility index (Phi) is 4.67. The van der Waals surface area contributed by atoms with Gasteiger partial charge in [-0.2, -0.15) is 0 Å². The third kappa shape index (κ3) is 3.40. The van der Waals surface area contributed by atoms with E-state index >= 15 is 0 Å². The van der Waals surface area contributed by atoms with Crippen molar-refractivity contribution in [3.8, 4) is 0 Å². The molecule has 3 aromatic rings. The first-order valence-electron chi connectivity index (χ1n) is 9.79. The molecular formula is C22H26N4O2. The highest BCUT2D eigenvalue weighted by atomic mass is 16.3. The zero-order valence-corrected chi connectivity index (χ0v) is 16.6. The second-order valence-electron chi connectivity index (χ2n) is 7.99. The molecule has 0 saturated heterocycles. The lowest BCUT2D eigenvalue weighted by molar-refractivity contribution is -0.120. The number of amides is 1. The van der Waals surface area contributed by atoms with Crippen LogP contribution in [-0.2, 0) is 10.4 Å². The van der Waals surface area contributed by atoms with Crippen LogP contribution < -0.4 is 5.32 Å². The van der Waals surface area contributed by atoms with Crippen molar-refractivity contribution in [2.75, 3.05) is 5.32 Å². The van der Waals surface area contributed by atoms with Crippen molar-refractivity contribution in [2.24, 2.45) is 0 Å². The fourth-order valence-electron chi connectivity index (χ4n) is 3.67. The van der Waals surface area contributed by atoms with E-state index in [-0.39, 0.29) is 12.3 Å². The Morgan fingerprint density at radius 2 is 1.96 bits per heavy atom. The van der Waals surface area contributed by atoms with Gasteiger partial charge in [0.05, 0.1) is 12.0 Å². The van der Waals surface area contributed by atoms with Crippen LogP contribution in [0.4, 0.5) is 5.95 Å². The molecule has 0 unspecified atom stereocenters. The summed E-state index contributed by atoms with van der Waals surface area (Å²) in [7, 11) is 0. The third-order valence-corrected chi connectivity index (χ3v) is 5.70. The summed E-state index contributed by atoms with van der Waals surface area (Å²) in [4.78, 5) is 22.1. The van der Waals surface area contributed by atoms with Crippen molar-refractivity contribution in [3.63, 3.8) is 0 Å². The van der Waals surface area contributed by atoms with Crippen LogP contribution in [0.1, 0.15) is 55.5 Å². The Morgan fingerprint density at radius 3 is 2.61 bits per heavy atom. The van der Waals surface area contributed by atoms with Crippen molar-refractivity contribution in [3.05, 3.63) is 53.2 Å². The van der Waals surface area contributed by atoms with Crippen LogP contribution in [0.15, 0.2) is 36.4 Å². The Hall–Kier alpha value is -2.73. The number of anilines is 1. The summed E-state index contributed by atoms with van der Waals surface area (Å²) < 4.78 is 2.06. The van der Waals surface area contributed by atoms with Gasteiger partial charge in [0.1, 0.15) is 5.52 Å². The molecule has 2 aromatic heterocycles. The molecule has 2 N–H and O–H groups in total. The normalized spacial score (nSPS) is 16.6. The molecule has 6 heteroatoms. The minimum atomic E-state index is -1.25. The van der Waals surface area contributed by atoms with E-state index in [1.165, 1.54) is 6.42 Å². The smallest absolute Gasteiger partial charge is 0.229 e. The molecular weight excluding hydrogens is 352 g/mol. The number of carbonyl (C=O) groups excluding carboxylic acids is 1. The van der Waals surface area contributed by atoms with E-state index < -0.39 is 5.60 Å². The minimum absolute atomic E-state index is 0.0453. The molecule has 1 aromatic carbocycles. The Labute approximate surface area is 164 Å². The standard InChI is InChI=1S/C22H26N4O2/c1-14-12-18-20(23-15(14)2)26(17-10-7-11-17)21(24-18)25-19(27)13-22(3,28)16-8-5-4-6-9-16/h4-6,8-9,12,17,28H,7,10-11,13H2,1-3H3,(H,24,25,27)/t22-/m0/s1. The molecule has 0 spiro atoms. The number of benzene rings is 1. The van der Waals surface area contributed by atoms with Gasteiger partial charge in [-0.3, -0.25) is 14.7 Å². The predicted octanol–water partition coefficient (Wildman–Crippen LogP) is 4.01. The van der Waals surface area contributed by atoms with Crippen LogP contribution in [0.3, 0.4) is 0 Å². The molecule has 0 radical (unpaired) electrons. The predicted molar refractivity (Wildman–Crippen MR) is 109 cm³/mol. The molecule has 0 aliphatic heterocycles. The molecule has 0 bridgehead atoms. The molecule has 4 rings (SSSR count). The number of rotatable bonds is 5. The summed E-state index contributed by atoms with van der Waals surface area (Å²) >= 11 is 0. The first-order chi connectivity index (χ1) is 13.3. The van der Waals surface area contributed by atoms with E-state index in [2.05, 4.69) is 14.9 Å². The fraction of sp³-hybridized carbons (Fsp3) is 0.409. The summed E-state index contributed by atoms with van der Waals surface area (Å²) in [5, 5.41) is 13.7. The summed E-state index contributed by atoms with van der Waals surface area (Å²) in [5.74, 6) is 0.254. The maximum atomic E-state index is 12.7. The van der Waals surface area contributed by atoms with Crippen LogP contribution in [0.2, 0.25) is 0 Å². The van der Waals surface area contributed by atoms with Crippen molar-refractivity contribution in [2.45, 2.75) is 58.1 Å². The Balaban J connectivity index is 1.63. The van der Waals surface area contributed by atoms with Gasteiger partial charge in [0, 0.05) is 11.7 Å². The number of pyridine rings is 1. The molecule has 1 atom stereocenters. The topological polar surface area (TPSA) is 80.0 Å². The van der Waals surface area contributed by atoms with Crippen LogP contribution in [-0.4, -0.2) is 25.5 Å².